The van der Waals surface area contributed by atoms with Crippen molar-refractivity contribution in [1.29, 1.82) is 5.26 Å². The topological polar surface area (TPSA) is 116 Å². The first-order chi connectivity index (χ1) is 9.25. The van der Waals surface area contributed by atoms with Crippen LogP contribution in [0.15, 0.2) is 10.3 Å². The van der Waals surface area contributed by atoms with Crippen LogP contribution in [-0.4, -0.2) is 37.8 Å². The predicted molar refractivity (Wildman–Crippen MR) is 75.2 cm³/mol. The molecule has 0 spiro atoms. The lowest BCUT2D eigenvalue weighted by Crippen LogP contribution is -2.34. The maximum absolute atomic E-state index is 12.3. The number of rotatable bonds is 6. The fraction of sp³-hybridized carbons (Fsp3) is 0.500. The van der Waals surface area contributed by atoms with E-state index in [1.54, 1.807) is 6.92 Å². The molecule has 1 atom stereocenters. The molecule has 0 saturated heterocycles. The van der Waals surface area contributed by atoms with Crippen molar-refractivity contribution < 1.29 is 13.3 Å². The number of nitro groups is 1. The monoisotopic (exact) mass is 318 g/mol. The minimum Gasteiger partial charge on any atom is -0.374 e. The molecule has 0 radical (unpaired) electrons. The predicted octanol–water partition coefficient (Wildman–Crippen LogP) is 1.62. The molecule has 8 nitrogen and oxygen atoms in total. The SMILES string of the molecule is CNc1sc(S(=O)(=O)N(C)C(C)CC#N)cc1[N+](=O)[O-]. The van der Waals surface area contributed by atoms with E-state index in [9.17, 15) is 18.5 Å². The molecule has 1 unspecified atom stereocenters. The Labute approximate surface area is 120 Å². The van der Waals surface area contributed by atoms with Crippen molar-refractivity contribution in [3.05, 3.63) is 16.2 Å². The Kier molecular flexibility index (Phi) is 5.04. The molecule has 10 heteroatoms. The van der Waals surface area contributed by atoms with Crippen molar-refractivity contribution in [2.24, 2.45) is 0 Å². The summed E-state index contributed by atoms with van der Waals surface area (Å²) in [6.45, 7) is 1.60. The number of hydrogen-bond donors (Lipinski definition) is 1. The van der Waals surface area contributed by atoms with Crippen LogP contribution in [0.2, 0.25) is 0 Å². The molecule has 1 aromatic heterocycles. The first kappa shape index (κ1) is 16.4. The molecule has 20 heavy (non-hydrogen) atoms. The summed E-state index contributed by atoms with van der Waals surface area (Å²) >= 11 is 0.793. The van der Waals surface area contributed by atoms with Gasteiger partial charge in [0.05, 0.1) is 17.4 Å². The van der Waals surface area contributed by atoms with E-state index in [1.807, 2.05) is 6.07 Å². The Morgan fingerprint density at radius 3 is 2.65 bits per heavy atom. The van der Waals surface area contributed by atoms with E-state index < -0.39 is 21.0 Å². The molecule has 1 rings (SSSR count). The van der Waals surface area contributed by atoms with Crippen LogP contribution < -0.4 is 5.32 Å². The van der Waals surface area contributed by atoms with Gasteiger partial charge in [-0.1, -0.05) is 11.3 Å². The van der Waals surface area contributed by atoms with E-state index in [0.29, 0.717) is 0 Å². The second-order valence-corrected chi connectivity index (χ2v) is 7.30. The maximum atomic E-state index is 12.3. The van der Waals surface area contributed by atoms with Gasteiger partial charge in [0, 0.05) is 26.2 Å². The molecule has 0 aromatic carbocycles. The Bertz CT molecular complexity index is 647. The Balaban J connectivity index is 3.23. The van der Waals surface area contributed by atoms with Gasteiger partial charge < -0.3 is 5.32 Å². The van der Waals surface area contributed by atoms with E-state index in [1.165, 1.54) is 14.1 Å². The van der Waals surface area contributed by atoms with Gasteiger partial charge in [-0.25, -0.2) is 8.42 Å². The smallest absolute Gasteiger partial charge is 0.304 e. The molecule has 0 saturated carbocycles. The molecule has 110 valence electrons. The molecular weight excluding hydrogens is 304 g/mol. The Morgan fingerprint density at radius 2 is 2.25 bits per heavy atom. The van der Waals surface area contributed by atoms with E-state index in [-0.39, 0.29) is 21.3 Å². The highest BCUT2D eigenvalue weighted by atomic mass is 32.2. The van der Waals surface area contributed by atoms with Gasteiger partial charge in [0.1, 0.15) is 4.21 Å². The van der Waals surface area contributed by atoms with Gasteiger partial charge in [0.2, 0.25) is 0 Å². The first-order valence-corrected chi connectivity index (χ1v) is 7.82. The number of anilines is 1. The zero-order valence-corrected chi connectivity index (χ0v) is 12.8. The van der Waals surface area contributed by atoms with E-state index in [0.717, 1.165) is 21.7 Å². The summed E-state index contributed by atoms with van der Waals surface area (Å²) in [6.07, 6.45) is 0.0437. The average Bonchev–Trinajstić information content (AvgIpc) is 2.82. The first-order valence-electron chi connectivity index (χ1n) is 5.56. The molecule has 0 bridgehead atoms. The van der Waals surface area contributed by atoms with Gasteiger partial charge in [-0.15, -0.1) is 0 Å². The summed E-state index contributed by atoms with van der Waals surface area (Å²) in [5, 5.41) is 22.2. The molecule has 0 fully saturated rings. The van der Waals surface area contributed by atoms with Gasteiger partial charge >= 0.3 is 5.69 Å². The molecule has 0 aliphatic carbocycles. The third-order valence-corrected chi connectivity index (χ3v) is 6.32. The number of nitrogens with zero attached hydrogens (tertiary/aromatic N) is 3. The average molecular weight is 318 g/mol. The number of thiophene rings is 1. The molecule has 0 aliphatic rings. The number of hydrogen-bond acceptors (Lipinski definition) is 7. The normalized spacial score (nSPS) is 12.9. The summed E-state index contributed by atoms with van der Waals surface area (Å²) in [6, 6.07) is 2.41. The Hall–Kier alpha value is -1.70. The standard InChI is InChI=1S/C10H14N4O4S2/c1-7(4-5-11)13(3)20(17,18)9-6-8(14(15)16)10(12-2)19-9/h6-7,12H,4H2,1-3H3. The summed E-state index contributed by atoms with van der Waals surface area (Å²) in [5.74, 6) is 0. The highest BCUT2D eigenvalue weighted by Crippen LogP contribution is 2.37. The summed E-state index contributed by atoms with van der Waals surface area (Å²) in [4.78, 5) is 10.2. The molecular formula is C10H14N4O4S2. The lowest BCUT2D eigenvalue weighted by molar-refractivity contribution is -0.383. The van der Waals surface area contributed by atoms with Crippen molar-refractivity contribution in [2.75, 3.05) is 19.4 Å². The summed E-state index contributed by atoms with van der Waals surface area (Å²) in [5.41, 5.74) is -0.280. The van der Waals surface area contributed by atoms with Gasteiger partial charge in [-0.3, -0.25) is 10.1 Å². The van der Waals surface area contributed by atoms with Crippen LogP contribution in [0.3, 0.4) is 0 Å². The van der Waals surface area contributed by atoms with Crippen molar-refractivity contribution >= 4 is 32.0 Å². The third-order valence-electron chi connectivity index (χ3n) is 2.75. The zero-order valence-electron chi connectivity index (χ0n) is 11.2. The van der Waals surface area contributed by atoms with Gasteiger partial charge in [-0.05, 0) is 6.92 Å². The number of nitrogens with one attached hydrogen (secondary N) is 1. The lowest BCUT2D eigenvalue weighted by atomic mass is 10.3. The van der Waals surface area contributed by atoms with Crippen molar-refractivity contribution in [2.45, 2.75) is 23.6 Å². The van der Waals surface area contributed by atoms with Crippen LogP contribution in [0.5, 0.6) is 0 Å². The van der Waals surface area contributed by atoms with E-state index in [4.69, 9.17) is 5.26 Å². The minimum atomic E-state index is -3.85. The second-order valence-electron chi connectivity index (χ2n) is 4.02. The summed E-state index contributed by atoms with van der Waals surface area (Å²) in [7, 11) is -1.02. The highest BCUT2D eigenvalue weighted by Gasteiger charge is 2.31. The maximum Gasteiger partial charge on any atom is 0.304 e. The van der Waals surface area contributed by atoms with Gasteiger partial charge in [0.15, 0.2) is 5.00 Å². The number of sulfonamides is 1. The van der Waals surface area contributed by atoms with Crippen LogP contribution in [0, 0.1) is 21.4 Å². The third kappa shape index (κ3) is 3.06. The quantitative estimate of drug-likeness (QED) is 0.629. The largest absolute Gasteiger partial charge is 0.374 e. The Morgan fingerprint density at radius 1 is 1.65 bits per heavy atom. The minimum absolute atomic E-state index is 0.0437. The molecule has 1 aromatic rings. The fourth-order valence-corrected chi connectivity index (χ4v) is 4.27. The molecule has 0 aliphatic heterocycles. The number of nitriles is 1. The van der Waals surface area contributed by atoms with Crippen LogP contribution in [0.1, 0.15) is 13.3 Å². The van der Waals surface area contributed by atoms with Crippen molar-refractivity contribution in [3.63, 3.8) is 0 Å². The molecule has 1 heterocycles. The fourth-order valence-electron chi connectivity index (χ4n) is 1.44. The molecule has 0 amide bonds. The van der Waals surface area contributed by atoms with Crippen molar-refractivity contribution in [3.8, 4) is 6.07 Å². The van der Waals surface area contributed by atoms with Gasteiger partial charge in [0.25, 0.3) is 10.0 Å². The highest BCUT2D eigenvalue weighted by molar-refractivity contribution is 7.91. The lowest BCUT2D eigenvalue weighted by Gasteiger charge is -2.21. The van der Waals surface area contributed by atoms with E-state index >= 15 is 0 Å². The molecule has 1 N–H and O–H groups in total. The van der Waals surface area contributed by atoms with Crippen LogP contribution in [0.25, 0.3) is 0 Å². The summed E-state index contributed by atoms with van der Waals surface area (Å²) < 4.78 is 25.6. The van der Waals surface area contributed by atoms with Crippen LogP contribution in [-0.2, 0) is 10.0 Å². The van der Waals surface area contributed by atoms with Crippen LogP contribution in [0.4, 0.5) is 10.7 Å². The zero-order chi connectivity index (χ0) is 15.5. The second kappa shape index (κ2) is 6.17. The van der Waals surface area contributed by atoms with Gasteiger partial charge in [-0.2, -0.15) is 9.57 Å². The van der Waals surface area contributed by atoms with Crippen molar-refractivity contribution in [1.82, 2.24) is 4.31 Å². The van der Waals surface area contributed by atoms with E-state index in [2.05, 4.69) is 5.32 Å². The van der Waals surface area contributed by atoms with Crippen LogP contribution >= 0.6 is 11.3 Å².